The molecule has 1 aromatic heterocycles. The lowest BCUT2D eigenvalue weighted by Gasteiger charge is -2.02. The minimum atomic E-state index is 0.248. The van der Waals surface area contributed by atoms with Gasteiger partial charge in [0.1, 0.15) is 5.75 Å². The van der Waals surface area contributed by atoms with E-state index in [1.165, 1.54) is 0 Å². The molecule has 1 aromatic carbocycles. The SMILES string of the molecule is CNCc1noc(COc2ccc(Cl)cc2)n1. The number of ether oxygens (including phenoxy) is 1. The molecule has 0 aliphatic rings. The van der Waals surface area contributed by atoms with Gasteiger partial charge >= 0.3 is 0 Å². The third-order valence-electron chi connectivity index (χ3n) is 2.02. The molecule has 90 valence electrons. The van der Waals surface area contributed by atoms with Gasteiger partial charge in [0, 0.05) is 5.02 Å². The molecule has 1 heterocycles. The van der Waals surface area contributed by atoms with E-state index in [-0.39, 0.29) is 6.61 Å². The van der Waals surface area contributed by atoms with Gasteiger partial charge in [-0.05, 0) is 31.3 Å². The number of hydrogen-bond donors (Lipinski definition) is 1. The first kappa shape index (κ1) is 11.9. The van der Waals surface area contributed by atoms with Gasteiger partial charge in [-0.3, -0.25) is 0 Å². The van der Waals surface area contributed by atoms with E-state index in [1.807, 2.05) is 7.05 Å². The Morgan fingerprint density at radius 2 is 2.12 bits per heavy atom. The van der Waals surface area contributed by atoms with Crippen LogP contribution in [0.4, 0.5) is 0 Å². The van der Waals surface area contributed by atoms with Crippen molar-refractivity contribution in [2.24, 2.45) is 0 Å². The molecule has 0 aliphatic carbocycles. The van der Waals surface area contributed by atoms with Gasteiger partial charge < -0.3 is 14.6 Å². The summed E-state index contributed by atoms with van der Waals surface area (Å²) in [7, 11) is 1.82. The van der Waals surface area contributed by atoms with Crippen molar-refractivity contribution >= 4 is 11.6 Å². The van der Waals surface area contributed by atoms with E-state index in [1.54, 1.807) is 24.3 Å². The van der Waals surface area contributed by atoms with E-state index in [4.69, 9.17) is 20.9 Å². The van der Waals surface area contributed by atoms with E-state index in [0.717, 1.165) is 0 Å². The second kappa shape index (κ2) is 5.65. The lowest BCUT2D eigenvalue weighted by atomic mass is 10.3. The first-order valence-corrected chi connectivity index (χ1v) is 5.50. The van der Waals surface area contributed by atoms with Crippen molar-refractivity contribution in [3.05, 3.63) is 41.0 Å². The van der Waals surface area contributed by atoms with Crippen LogP contribution < -0.4 is 10.1 Å². The highest BCUT2D eigenvalue weighted by molar-refractivity contribution is 6.30. The zero-order valence-electron chi connectivity index (χ0n) is 9.31. The second-order valence-corrected chi connectivity index (χ2v) is 3.81. The molecule has 0 saturated heterocycles. The molecule has 17 heavy (non-hydrogen) atoms. The summed E-state index contributed by atoms with van der Waals surface area (Å²) < 4.78 is 10.5. The zero-order chi connectivity index (χ0) is 12.1. The normalized spacial score (nSPS) is 10.5. The third kappa shape index (κ3) is 3.44. The van der Waals surface area contributed by atoms with E-state index in [9.17, 15) is 0 Å². The molecule has 2 aromatic rings. The fraction of sp³-hybridized carbons (Fsp3) is 0.273. The van der Waals surface area contributed by atoms with Gasteiger partial charge in [0.15, 0.2) is 12.4 Å². The van der Waals surface area contributed by atoms with Crippen LogP contribution in [0.5, 0.6) is 5.75 Å². The van der Waals surface area contributed by atoms with Crippen molar-refractivity contribution < 1.29 is 9.26 Å². The predicted molar refractivity (Wildman–Crippen MR) is 62.8 cm³/mol. The maximum atomic E-state index is 5.76. The molecule has 0 fully saturated rings. The zero-order valence-corrected chi connectivity index (χ0v) is 10.1. The van der Waals surface area contributed by atoms with Gasteiger partial charge in [0.05, 0.1) is 6.54 Å². The standard InChI is InChI=1S/C11H12ClN3O2/c1-13-6-10-14-11(17-15-10)7-16-9-4-2-8(12)3-5-9/h2-5,13H,6-7H2,1H3. The molecular formula is C11H12ClN3O2. The largest absolute Gasteiger partial charge is 0.484 e. The molecule has 0 saturated carbocycles. The van der Waals surface area contributed by atoms with Crippen molar-refractivity contribution in [3.8, 4) is 5.75 Å². The smallest absolute Gasteiger partial charge is 0.264 e. The Morgan fingerprint density at radius 3 is 2.82 bits per heavy atom. The van der Waals surface area contributed by atoms with Gasteiger partial charge in [-0.15, -0.1) is 0 Å². The van der Waals surface area contributed by atoms with Crippen LogP contribution >= 0.6 is 11.6 Å². The lowest BCUT2D eigenvalue weighted by Crippen LogP contribution is -2.06. The van der Waals surface area contributed by atoms with E-state index in [0.29, 0.717) is 29.0 Å². The van der Waals surface area contributed by atoms with Gasteiger partial charge in [-0.1, -0.05) is 16.8 Å². The Hall–Kier alpha value is -1.59. The summed E-state index contributed by atoms with van der Waals surface area (Å²) in [6, 6.07) is 7.09. The first-order chi connectivity index (χ1) is 8.28. The Morgan fingerprint density at radius 1 is 1.35 bits per heavy atom. The molecule has 0 amide bonds. The molecule has 0 spiro atoms. The number of halogens is 1. The summed E-state index contributed by atoms with van der Waals surface area (Å²) in [6.45, 7) is 0.822. The number of aromatic nitrogens is 2. The minimum Gasteiger partial charge on any atom is -0.484 e. The third-order valence-corrected chi connectivity index (χ3v) is 2.27. The molecule has 0 unspecified atom stereocenters. The van der Waals surface area contributed by atoms with Gasteiger partial charge in [-0.2, -0.15) is 4.98 Å². The van der Waals surface area contributed by atoms with Gasteiger partial charge in [0.2, 0.25) is 0 Å². The highest BCUT2D eigenvalue weighted by atomic mass is 35.5. The maximum Gasteiger partial charge on any atom is 0.264 e. The van der Waals surface area contributed by atoms with Crippen LogP contribution in [0.15, 0.2) is 28.8 Å². The maximum absolute atomic E-state index is 5.76. The fourth-order valence-corrected chi connectivity index (χ4v) is 1.38. The lowest BCUT2D eigenvalue weighted by molar-refractivity contribution is 0.242. The van der Waals surface area contributed by atoms with Crippen molar-refractivity contribution in [2.75, 3.05) is 7.05 Å². The molecule has 0 atom stereocenters. The van der Waals surface area contributed by atoms with Crippen LogP contribution in [-0.2, 0) is 13.2 Å². The van der Waals surface area contributed by atoms with Crippen LogP contribution in [0, 0.1) is 0 Å². The summed E-state index contributed by atoms with van der Waals surface area (Å²) in [6.07, 6.45) is 0. The predicted octanol–water partition coefficient (Wildman–Crippen LogP) is 2.02. The number of benzene rings is 1. The average Bonchev–Trinajstić information content (AvgIpc) is 2.77. The van der Waals surface area contributed by atoms with Crippen molar-refractivity contribution in [2.45, 2.75) is 13.2 Å². The fourth-order valence-electron chi connectivity index (χ4n) is 1.25. The highest BCUT2D eigenvalue weighted by Gasteiger charge is 2.05. The number of nitrogens with zero attached hydrogens (tertiary/aromatic N) is 2. The van der Waals surface area contributed by atoms with Gasteiger partial charge in [-0.25, -0.2) is 0 Å². The number of nitrogens with one attached hydrogen (secondary N) is 1. The minimum absolute atomic E-state index is 0.248. The van der Waals surface area contributed by atoms with E-state index < -0.39 is 0 Å². The van der Waals surface area contributed by atoms with Crippen LogP contribution in [0.1, 0.15) is 11.7 Å². The van der Waals surface area contributed by atoms with Crippen LogP contribution in [0.3, 0.4) is 0 Å². The molecule has 0 bridgehead atoms. The highest BCUT2D eigenvalue weighted by Crippen LogP contribution is 2.16. The molecule has 0 aliphatic heterocycles. The second-order valence-electron chi connectivity index (χ2n) is 3.38. The summed E-state index contributed by atoms with van der Waals surface area (Å²) >= 11 is 5.76. The topological polar surface area (TPSA) is 60.2 Å². The summed E-state index contributed by atoms with van der Waals surface area (Å²) in [5.41, 5.74) is 0. The molecule has 6 heteroatoms. The first-order valence-electron chi connectivity index (χ1n) is 5.12. The van der Waals surface area contributed by atoms with Crippen molar-refractivity contribution in [1.82, 2.24) is 15.5 Å². The summed E-state index contributed by atoms with van der Waals surface area (Å²) in [5, 5.41) is 7.39. The Bertz CT molecular complexity index is 470. The van der Waals surface area contributed by atoms with Crippen molar-refractivity contribution in [1.29, 1.82) is 0 Å². The van der Waals surface area contributed by atoms with Gasteiger partial charge in [0.25, 0.3) is 5.89 Å². The van der Waals surface area contributed by atoms with E-state index in [2.05, 4.69) is 15.5 Å². The Kier molecular flexibility index (Phi) is 3.95. The molecule has 5 nitrogen and oxygen atoms in total. The Balaban J connectivity index is 1.90. The molecular weight excluding hydrogens is 242 g/mol. The Labute approximate surface area is 104 Å². The number of hydrogen-bond acceptors (Lipinski definition) is 5. The van der Waals surface area contributed by atoms with Crippen LogP contribution in [0.2, 0.25) is 5.02 Å². The van der Waals surface area contributed by atoms with Crippen molar-refractivity contribution in [3.63, 3.8) is 0 Å². The van der Waals surface area contributed by atoms with E-state index >= 15 is 0 Å². The average molecular weight is 254 g/mol. The molecule has 0 radical (unpaired) electrons. The number of rotatable bonds is 5. The van der Waals surface area contributed by atoms with Crippen LogP contribution in [0.25, 0.3) is 0 Å². The summed E-state index contributed by atoms with van der Waals surface area (Å²) in [5.74, 6) is 1.77. The molecule has 2 rings (SSSR count). The monoisotopic (exact) mass is 253 g/mol. The molecule has 1 N–H and O–H groups in total. The van der Waals surface area contributed by atoms with Crippen LogP contribution in [-0.4, -0.2) is 17.2 Å². The quantitative estimate of drug-likeness (QED) is 0.883. The summed E-state index contributed by atoms with van der Waals surface area (Å²) in [4.78, 5) is 4.14.